The molecule has 2 heterocycles. The molecule has 0 saturated heterocycles. The first-order valence-electron chi connectivity index (χ1n) is 6.27. The number of thiophene rings is 1. The van der Waals surface area contributed by atoms with Crippen LogP contribution in [0.5, 0.6) is 0 Å². The molecule has 2 nitrogen and oxygen atoms in total. The van der Waals surface area contributed by atoms with E-state index >= 15 is 0 Å². The molecule has 0 saturated carbocycles. The van der Waals surface area contributed by atoms with E-state index in [4.69, 9.17) is 0 Å². The van der Waals surface area contributed by atoms with Gasteiger partial charge in [0, 0.05) is 27.2 Å². The van der Waals surface area contributed by atoms with E-state index in [0.29, 0.717) is 6.04 Å². The van der Waals surface area contributed by atoms with Crippen molar-refractivity contribution in [1.29, 1.82) is 0 Å². The Balaban J connectivity index is 1.87. The number of nitrogens with zero attached hydrogens (tertiary/aromatic N) is 1. The van der Waals surface area contributed by atoms with E-state index in [9.17, 15) is 0 Å². The maximum absolute atomic E-state index is 4.28. The van der Waals surface area contributed by atoms with Gasteiger partial charge in [-0.2, -0.15) is 0 Å². The molecule has 98 valence electrons. The normalized spacial score (nSPS) is 12.9. The third kappa shape index (κ3) is 3.19. The Morgan fingerprint density at radius 1 is 1.33 bits per heavy atom. The van der Waals surface area contributed by atoms with Crippen molar-refractivity contribution in [2.24, 2.45) is 0 Å². The summed E-state index contributed by atoms with van der Waals surface area (Å²) in [5, 5.41) is 3.60. The highest BCUT2D eigenvalue weighted by Crippen LogP contribution is 2.26. The van der Waals surface area contributed by atoms with Gasteiger partial charge in [-0.1, -0.05) is 0 Å². The zero-order valence-corrected chi connectivity index (χ0v) is 13.0. The van der Waals surface area contributed by atoms with Crippen LogP contribution in [0.1, 0.15) is 38.9 Å². The Kier molecular flexibility index (Phi) is 4.54. The van der Waals surface area contributed by atoms with Crippen LogP contribution in [-0.4, -0.2) is 11.5 Å². The second-order valence-electron chi connectivity index (χ2n) is 4.66. The smallest absolute Gasteiger partial charge is 0.0797 e. The lowest BCUT2D eigenvalue weighted by Crippen LogP contribution is -2.21. The molecule has 0 amide bonds. The molecule has 18 heavy (non-hydrogen) atoms. The van der Waals surface area contributed by atoms with Gasteiger partial charge in [-0.25, -0.2) is 4.98 Å². The van der Waals surface area contributed by atoms with E-state index in [1.165, 1.54) is 25.9 Å². The largest absolute Gasteiger partial charge is 0.310 e. The van der Waals surface area contributed by atoms with E-state index in [1.54, 1.807) is 11.3 Å². The maximum Gasteiger partial charge on any atom is 0.0797 e. The zero-order valence-electron chi connectivity index (χ0n) is 11.4. The second kappa shape index (κ2) is 5.95. The van der Waals surface area contributed by atoms with Crippen LogP contribution in [0, 0.1) is 20.8 Å². The highest BCUT2D eigenvalue weighted by molar-refractivity contribution is 7.12. The quantitative estimate of drug-likeness (QED) is 0.894. The monoisotopic (exact) mass is 280 g/mol. The zero-order chi connectivity index (χ0) is 13.1. The Hall–Kier alpha value is -0.710. The highest BCUT2D eigenvalue weighted by atomic mass is 32.1. The van der Waals surface area contributed by atoms with E-state index in [0.717, 1.165) is 13.0 Å². The number of nitrogens with one attached hydrogen (secondary N) is 1. The first kappa shape index (κ1) is 13.7. The first-order chi connectivity index (χ1) is 8.58. The number of hydrogen-bond donors (Lipinski definition) is 1. The lowest BCUT2D eigenvalue weighted by molar-refractivity contribution is 0.577. The van der Waals surface area contributed by atoms with Gasteiger partial charge in [-0.05, 0) is 45.7 Å². The van der Waals surface area contributed by atoms with Crippen LogP contribution in [-0.2, 0) is 6.42 Å². The van der Waals surface area contributed by atoms with Gasteiger partial charge in [-0.3, -0.25) is 0 Å². The average molecular weight is 280 g/mol. The van der Waals surface area contributed by atoms with Crippen molar-refractivity contribution in [2.75, 3.05) is 6.54 Å². The third-order valence-corrected chi connectivity index (χ3v) is 5.17. The summed E-state index contributed by atoms with van der Waals surface area (Å²) in [4.78, 5) is 8.51. The maximum atomic E-state index is 4.28. The van der Waals surface area contributed by atoms with Crippen LogP contribution in [0.3, 0.4) is 0 Å². The molecular weight excluding hydrogens is 260 g/mol. The van der Waals surface area contributed by atoms with Gasteiger partial charge >= 0.3 is 0 Å². The Morgan fingerprint density at radius 2 is 2.11 bits per heavy atom. The van der Waals surface area contributed by atoms with Crippen LogP contribution in [0.15, 0.2) is 11.6 Å². The van der Waals surface area contributed by atoms with Gasteiger partial charge < -0.3 is 5.32 Å². The second-order valence-corrected chi connectivity index (χ2v) is 7.06. The van der Waals surface area contributed by atoms with E-state index in [-0.39, 0.29) is 0 Å². The summed E-state index contributed by atoms with van der Waals surface area (Å²) in [7, 11) is 0. The summed E-state index contributed by atoms with van der Waals surface area (Å²) in [5.41, 5.74) is 4.55. The summed E-state index contributed by atoms with van der Waals surface area (Å²) in [6, 6.07) is 2.73. The number of rotatable bonds is 5. The number of aryl methyl sites for hydroxylation is 3. The molecule has 0 fully saturated rings. The predicted octanol–water partition coefficient (Wildman–Crippen LogP) is 4.02. The summed E-state index contributed by atoms with van der Waals surface area (Å²) in [6.07, 6.45) is 1.07. The standard InChI is InChI=1S/C14H20N2S2/c1-9-7-13(12(4)18-9)10(2)15-6-5-14-11(3)16-8-17-14/h7-8,10,15H,5-6H2,1-4H3. The Bertz CT molecular complexity index is 514. The fourth-order valence-electron chi connectivity index (χ4n) is 2.16. The topological polar surface area (TPSA) is 24.9 Å². The minimum Gasteiger partial charge on any atom is -0.310 e. The van der Waals surface area contributed by atoms with Gasteiger partial charge in [0.25, 0.3) is 0 Å². The van der Waals surface area contributed by atoms with Crippen molar-refractivity contribution in [3.05, 3.63) is 37.5 Å². The lowest BCUT2D eigenvalue weighted by Gasteiger charge is -2.13. The van der Waals surface area contributed by atoms with Crippen LogP contribution in [0.2, 0.25) is 0 Å². The molecule has 2 rings (SSSR count). The van der Waals surface area contributed by atoms with Gasteiger partial charge in [0.2, 0.25) is 0 Å². The number of thiazole rings is 1. The van der Waals surface area contributed by atoms with Crippen LogP contribution in [0.25, 0.3) is 0 Å². The van der Waals surface area contributed by atoms with Crippen LogP contribution in [0.4, 0.5) is 0 Å². The molecule has 4 heteroatoms. The van der Waals surface area contributed by atoms with Crippen molar-refractivity contribution in [1.82, 2.24) is 10.3 Å². The number of aromatic nitrogens is 1. The Labute approximate surface area is 117 Å². The highest BCUT2D eigenvalue weighted by Gasteiger charge is 2.10. The van der Waals surface area contributed by atoms with Gasteiger partial charge in [-0.15, -0.1) is 22.7 Å². The first-order valence-corrected chi connectivity index (χ1v) is 7.97. The molecule has 0 radical (unpaired) electrons. The lowest BCUT2D eigenvalue weighted by atomic mass is 10.1. The van der Waals surface area contributed by atoms with Crippen LogP contribution < -0.4 is 5.32 Å². The Morgan fingerprint density at radius 3 is 2.67 bits per heavy atom. The molecule has 1 atom stereocenters. The van der Waals surface area contributed by atoms with Crippen molar-refractivity contribution in [2.45, 2.75) is 40.2 Å². The van der Waals surface area contributed by atoms with Gasteiger partial charge in [0.05, 0.1) is 11.2 Å². The molecule has 0 aromatic carbocycles. The average Bonchev–Trinajstić information content (AvgIpc) is 2.85. The molecule has 2 aromatic heterocycles. The molecule has 1 unspecified atom stereocenters. The minimum atomic E-state index is 0.433. The van der Waals surface area contributed by atoms with Gasteiger partial charge in [0.1, 0.15) is 0 Å². The minimum absolute atomic E-state index is 0.433. The summed E-state index contributed by atoms with van der Waals surface area (Å²) in [5.74, 6) is 0. The fraction of sp³-hybridized carbons (Fsp3) is 0.500. The van der Waals surface area contributed by atoms with E-state index in [1.807, 2.05) is 16.8 Å². The van der Waals surface area contributed by atoms with E-state index in [2.05, 4.69) is 44.1 Å². The van der Waals surface area contributed by atoms with Crippen LogP contribution >= 0.6 is 22.7 Å². The van der Waals surface area contributed by atoms with Crippen molar-refractivity contribution < 1.29 is 0 Å². The van der Waals surface area contributed by atoms with Crippen molar-refractivity contribution >= 4 is 22.7 Å². The molecule has 0 spiro atoms. The molecular formula is C14H20N2S2. The van der Waals surface area contributed by atoms with Crippen molar-refractivity contribution in [3.8, 4) is 0 Å². The van der Waals surface area contributed by atoms with Crippen molar-refractivity contribution in [3.63, 3.8) is 0 Å². The molecule has 0 bridgehead atoms. The summed E-state index contributed by atoms with van der Waals surface area (Å²) < 4.78 is 0. The fourth-order valence-corrected chi connectivity index (χ4v) is 3.96. The molecule has 0 aliphatic rings. The molecule has 0 aliphatic heterocycles. The molecule has 2 aromatic rings. The SMILES string of the molecule is Cc1cc(C(C)NCCc2scnc2C)c(C)s1. The molecule has 1 N–H and O–H groups in total. The summed E-state index contributed by atoms with van der Waals surface area (Å²) in [6.45, 7) is 9.72. The predicted molar refractivity (Wildman–Crippen MR) is 80.8 cm³/mol. The molecule has 0 aliphatic carbocycles. The third-order valence-electron chi connectivity index (χ3n) is 3.19. The summed E-state index contributed by atoms with van der Waals surface area (Å²) >= 11 is 3.64. The van der Waals surface area contributed by atoms with E-state index < -0.39 is 0 Å². The van der Waals surface area contributed by atoms with Gasteiger partial charge in [0.15, 0.2) is 0 Å². The number of hydrogen-bond acceptors (Lipinski definition) is 4.